The summed E-state index contributed by atoms with van der Waals surface area (Å²) in [6, 6.07) is 0. The minimum atomic E-state index is -0.732. The Balaban J connectivity index is 0. The standard InChI is InChI=1S/C46H96P.HI/c1-5-9-13-15-17-19-21-23-25-27-29-31-33-35-37-41-45-47(43-39-11-7-3,44-40-12-8-4)46-42-38-36-34-32-30-28-26-24-22-20-18-16-14-10-6-2;/h5-46H2,1-4H3;1H/q+1;/p-1. The van der Waals surface area contributed by atoms with E-state index in [-0.39, 0.29) is 24.0 Å². The summed E-state index contributed by atoms with van der Waals surface area (Å²) in [5.74, 6) is 0. The van der Waals surface area contributed by atoms with Crippen molar-refractivity contribution >= 4 is 7.26 Å². The van der Waals surface area contributed by atoms with Crippen molar-refractivity contribution in [3.8, 4) is 0 Å². The third kappa shape index (κ3) is 38.4. The maximum atomic E-state index is 2.41. The van der Waals surface area contributed by atoms with Crippen LogP contribution in [-0.2, 0) is 0 Å². The Morgan fingerprint density at radius 2 is 0.312 bits per heavy atom. The second-order valence-corrected chi connectivity index (χ2v) is 20.7. The van der Waals surface area contributed by atoms with Crippen LogP contribution in [0.2, 0.25) is 0 Å². The first kappa shape index (κ1) is 51.3. The van der Waals surface area contributed by atoms with Gasteiger partial charge >= 0.3 is 0 Å². The van der Waals surface area contributed by atoms with Gasteiger partial charge in [0.05, 0.1) is 24.6 Å². The summed E-state index contributed by atoms with van der Waals surface area (Å²) < 4.78 is 0. The summed E-state index contributed by atoms with van der Waals surface area (Å²) in [4.78, 5) is 0. The lowest BCUT2D eigenvalue weighted by molar-refractivity contribution is -0.0000106. The van der Waals surface area contributed by atoms with Crippen LogP contribution >= 0.6 is 7.26 Å². The molecule has 0 aromatic carbocycles. The quantitative estimate of drug-likeness (QED) is 0.0327. The Morgan fingerprint density at radius 3 is 0.500 bits per heavy atom. The Labute approximate surface area is 325 Å². The molecule has 0 aliphatic carbocycles. The van der Waals surface area contributed by atoms with Gasteiger partial charge in [0.2, 0.25) is 0 Å². The van der Waals surface area contributed by atoms with Gasteiger partial charge < -0.3 is 24.0 Å². The fourth-order valence-corrected chi connectivity index (χ4v) is 13.0. The van der Waals surface area contributed by atoms with Crippen LogP contribution in [0.25, 0.3) is 0 Å². The first-order valence-corrected chi connectivity index (χ1v) is 25.6. The lowest BCUT2D eigenvalue weighted by Gasteiger charge is -2.28. The lowest BCUT2D eigenvalue weighted by atomic mass is 10.0. The van der Waals surface area contributed by atoms with Gasteiger partial charge in [-0.1, -0.05) is 233 Å². The minimum absolute atomic E-state index is 0. The second-order valence-electron chi connectivity index (χ2n) is 16.3. The summed E-state index contributed by atoms with van der Waals surface area (Å²) in [5, 5.41) is 0. The van der Waals surface area contributed by atoms with E-state index in [1.54, 1.807) is 37.5 Å². The molecule has 48 heavy (non-hydrogen) atoms. The Hall–Kier alpha value is 1.16. The van der Waals surface area contributed by atoms with E-state index in [4.69, 9.17) is 0 Å². The summed E-state index contributed by atoms with van der Waals surface area (Å²) in [5.41, 5.74) is 0. The zero-order valence-corrected chi connectivity index (χ0v) is 37.6. The number of hydrogen-bond donors (Lipinski definition) is 0. The van der Waals surface area contributed by atoms with E-state index in [1.807, 2.05) is 0 Å². The van der Waals surface area contributed by atoms with Crippen molar-refractivity contribution in [2.24, 2.45) is 0 Å². The van der Waals surface area contributed by atoms with Crippen molar-refractivity contribution in [2.75, 3.05) is 24.6 Å². The fourth-order valence-electron chi connectivity index (χ4n) is 8.06. The van der Waals surface area contributed by atoms with Gasteiger partial charge in [0.25, 0.3) is 0 Å². The van der Waals surface area contributed by atoms with E-state index >= 15 is 0 Å². The molecule has 0 heterocycles. The van der Waals surface area contributed by atoms with E-state index in [9.17, 15) is 0 Å². The Morgan fingerprint density at radius 1 is 0.188 bits per heavy atom. The number of unbranched alkanes of at least 4 members (excludes halogenated alkanes) is 34. The van der Waals surface area contributed by atoms with Crippen molar-refractivity contribution < 1.29 is 24.0 Å². The molecule has 0 fully saturated rings. The minimum Gasteiger partial charge on any atom is -1.00 e. The first-order valence-electron chi connectivity index (χ1n) is 23.1. The van der Waals surface area contributed by atoms with Gasteiger partial charge in [-0.15, -0.1) is 0 Å². The molecular weight excluding hydrogens is 710 g/mol. The molecule has 0 rings (SSSR count). The molecule has 292 valence electrons. The smallest absolute Gasteiger partial charge is 0.0594 e. The number of halogens is 1. The summed E-state index contributed by atoms with van der Waals surface area (Å²) >= 11 is 0. The molecule has 0 aromatic heterocycles. The van der Waals surface area contributed by atoms with Crippen LogP contribution in [0.1, 0.15) is 272 Å². The normalized spacial score (nSPS) is 11.8. The molecule has 0 aliphatic heterocycles. The highest BCUT2D eigenvalue weighted by Gasteiger charge is 2.34. The van der Waals surface area contributed by atoms with Crippen LogP contribution in [0.4, 0.5) is 0 Å². The van der Waals surface area contributed by atoms with Gasteiger partial charge in [-0.3, -0.25) is 0 Å². The van der Waals surface area contributed by atoms with E-state index in [1.165, 1.54) is 231 Å². The zero-order valence-electron chi connectivity index (χ0n) is 34.5. The molecular formula is C46H96IP. The van der Waals surface area contributed by atoms with Crippen molar-refractivity contribution in [3.63, 3.8) is 0 Å². The molecule has 0 N–H and O–H groups in total. The highest BCUT2D eigenvalue weighted by atomic mass is 127. The largest absolute Gasteiger partial charge is 1.00 e. The average Bonchev–Trinajstić information content (AvgIpc) is 3.08. The van der Waals surface area contributed by atoms with E-state index in [2.05, 4.69) is 27.7 Å². The van der Waals surface area contributed by atoms with Crippen LogP contribution < -0.4 is 24.0 Å². The van der Waals surface area contributed by atoms with Crippen LogP contribution in [0.15, 0.2) is 0 Å². The van der Waals surface area contributed by atoms with Gasteiger partial charge in [0.1, 0.15) is 0 Å². The summed E-state index contributed by atoms with van der Waals surface area (Å²) in [6.45, 7) is 9.45. The molecule has 0 saturated heterocycles. The topological polar surface area (TPSA) is 0 Å². The third-order valence-electron chi connectivity index (χ3n) is 11.4. The van der Waals surface area contributed by atoms with Gasteiger partial charge in [0.15, 0.2) is 0 Å². The highest BCUT2D eigenvalue weighted by Crippen LogP contribution is 2.61. The van der Waals surface area contributed by atoms with Gasteiger partial charge in [0, 0.05) is 7.26 Å². The molecule has 0 bridgehead atoms. The van der Waals surface area contributed by atoms with Crippen LogP contribution in [0, 0.1) is 0 Å². The summed E-state index contributed by atoms with van der Waals surface area (Å²) in [6.07, 6.45) is 63.1. The molecule has 2 heteroatoms. The van der Waals surface area contributed by atoms with E-state index in [0.717, 1.165) is 0 Å². The SMILES string of the molecule is CCCCCCCCCCCCCCCCCC[P+](CCCCC)(CCCCC)CCCCCCCCCCCCCCCCCC.[I-]. The van der Waals surface area contributed by atoms with Crippen molar-refractivity contribution in [2.45, 2.75) is 272 Å². The Kier molecular flexibility index (Phi) is 47.3. The van der Waals surface area contributed by atoms with Gasteiger partial charge in [-0.05, 0) is 38.5 Å². The molecule has 0 unspecified atom stereocenters. The average molecular weight is 807 g/mol. The van der Waals surface area contributed by atoms with Crippen LogP contribution in [0.5, 0.6) is 0 Å². The maximum Gasteiger partial charge on any atom is 0.0594 e. The van der Waals surface area contributed by atoms with E-state index in [0.29, 0.717) is 0 Å². The van der Waals surface area contributed by atoms with Crippen LogP contribution in [0.3, 0.4) is 0 Å². The maximum absolute atomic E-state index is 2.41. The second kappa shape index (κ2) is 44.3. The molecule has 0 spiro atoms. The third-order valence-corrected chi connectivity index (χ3v) is 16.5. The molecule has 0 saturated carbocycles. The van der Waals surface area contributed by atoms with Gasteiger partial charge in [-0.2, -0.15) is 0 Å². The highest BCUT2D eigenvalue weighted by molar-refractivity contribution is 7.75. The molecule has 0 amide bonds. The molecule has 0 atom stereocenters. The number of rotatable bonds is 42. The lowest BCUT2D eigenvalue weighted by Crippen LogP contribution is -3.00. The van der Waals surface area contributed by atoms with Crippen molar-refractivity contribution in [1.29, 1.82) is 0 Å². The molecule has 0 aromatic rings. The predicted octanol–water partition coefficient (Wildman–Crippen LogP) is 14.9. The van der Waals surface area contributed by atoms with Crippen molar-refractivity contribution in [1.82, 2.24) is 0 Å². The molecule has 0 radical (unpaired) electrons. The fraction of sp³-hybridized carbons (Fsp3) is 1.00. The van der Waals surface area contributed by atoms with Crippen molar-refractivity contribution in [3.05, 3.63) is 0 Å². The molecule has 0 nitrogen and oxygen atoms in total. The van der Waals surface area contributed by atoms with Crippen LogP contribution in [-0.4, -0.2) is 24.6 Å². The monoisotopic (exact) mass is 807 g/mol. The first-order chi connectivity index (χ1) is 23.2. The predicted molar refractivity (Wildman–Crippen MR) is 225 cm³/mol. The van der Waals surface area contributed by atoms with Gasteiger partial charge in [-0.25, -0.2) is 0 Å². The summed E-state index contributed by atoms with van der Waals surface area (Å²) in [7, 11) is -0.732. The zero-order chi connectivity index (χ0) is 34.2. The Bertz CT molecular complexity index is 500. The molecule has 0 aliphatic rings. The van der Waals surface area contributed by atoms with E-state index < -0.39 is 7.26 Å². The number of hydrogen-bond acceptors (Lipinski definition) is 0.